The minimum absolute atomic E-state index is 0.0956. The van der Waals surface area contributed by atoms with Gasteiger partial charge in [-0.3, -0.25) is 4.79 Å². The van der Waals surface area contributed by atoms with Crippen molar-refractivity contribution in [1.29, 1.82) is 0 Å². The highest BCUT2D eigenvalue weighted by atomic mass is 32.2. The van der Waals surface area contributed by atoms with E-state index in [1.165, 1.54) is 26.2 Å². The predicted octanol–water partition coefficient (Wildman–Crippen LogP) is 1.60. The smallest absolute Gasteiger partial charge is 0.221 e. The van der Waals surface area contributed by atoms with E-state index in [4.69, 9.17) is 0 Å². The van der Waals surface area contributed by atoms with Crippen LogP contribution in [0.15, 0.2) is 18.2 Å². The minimum Gasteiger partial charge on any atom is -0.349 e. The molecule has 0 radical (unpaired) electrons. The third kappa shape index (κ3) is 4.04. The third-order valence-corrected chi connectivity index (χ3v) is 5.73. The molecular weight excluding hydrogens is 307 g/mol. The average molecular weight is 328 g/mol. The van der Waals surface area contributed by atoms with Gasteiger partial charge in [-0.1, -0.05) is 6.07 Å². The third-order valence-electron chi connectivity index (χ3n) is 3.90. The number of halogens is 1. The van der Waals surface area contributed by atoms with Gasteiger partial charge in [0.05, 0.1) is 11.8 Å². The SMILES string of the molecule is CN(C)S(=O)(=O)CCC(=O)N[C@@H]1CCCc2ccc(F)cc21. The predicted molar refractivity (Wildman–Crippen MR) is 82.3 cm³/mol. The van der Waals surface area contributed by atoms with E-state index < -0.39 is 10.0 Å². The Kier molecular flexibility index (Phi) is 5.18. The van der Waals surface area contributed by atoms with Gasteiger partial charge in [0.25, 0.3) is 0 Å². The normalized spacial score (nSPS) is 18.1. The number of nitrogens with zero attached hydrogens (tertiary/aromatic N) is 1. The second-order valence-corrected chi connectivity index (χ2v) is 8.01. The average Bonchev–Trinajstić information content (AvgIpc) is 2.46. The van der Waals surface area contributed by atoms with Gasteiger partial charge in [0.2, 0.25) is 15.9 Å². The van der Waals surface area contributed by atoms with Crippen LogP contribution < -0.4 is 5.32 Å². The molecule has 0 spiro atoms. The molecule has 0 heterocycles. The number of carbonyl (C=O) groups is 1. The highest BCUT2D eigenvalue weighted by Gasteiger charge is 2.23. The number of hydrogen-bond donors (Lipinski definition) is 1. The highest BCUT2D eigenvalue weighted by Crippen LogP contribution is 2.30. The zero-order valence-electron chi connectivity index (χ0n) is 12.8. The molecule has 0 saturated carbocycles. The van der Waals surface area contributed by atoms with Crippen molar-refractivity contribution in [2.24, 2.45) is 0 Å². The van der Waals surface area contributed by atoms with Crippen molar-refractivity contribution in [1.82, 2.24) is 9.62 Å². The van der Waals surface area contributed by atoms with Crippen molar-refractivity contribution in [3.05, 3.63) is 35.1 Å². The van der Waals surface area contributed by atoms with Crippen molar-refractivity contribution in [2.45, 2.75) is 31.7 Å². The van der Waals surface area contributed by atoms with Gasteiger partial charge in [-0.15, -0.1) is 0 Å². The van der Waals surface area contributed by atoms with E-state index in [1.807, 2.05) is 0 Å². The number of amides is 1. The maximum absolute atomic E-state index is 13.4. The number of aryl methyl sites for hydroxylation is 1. The molecule has 1 aliphatic rings. The Hall–Kier alpha value is -1.47. The number of nitrogens with one attached hydrogen (secondary N) is 1. The van der Waals surface area contributed by atoms with E-state index in [1.54, 1.807) is 6.07 Å². The molecule has 0 bridgehead atoms. The van der Waals surface area contributed by atoms with Crippen molar-refractivity contribution in [2.75, 3.05) is 19.8 Å². The lowest BCUT2D eigenvalue weighted by molar-refractivity contribution is -0.121. The Bertz CT molecular complexity index is 659. The van der Waals surface area contributed by atoms with Gasteiger partial charge in [-0.25, -0.2) is 17.1 Å². The summed E-state index contributed by atoms with van der Waals surface area (Å²) in [5.74, 6) is -0.878. The summed E-state index contributed by atoms with van der Waals surface area (Å²) in [7, 11) is -0.513. The Labute approximate surface area is 130 Å². The summed E-state index contributed by atoms with van der Waals surface area (Å²) < 4.78 is 37.8. The zero-order chi connectivity index (χ0) is 16.3. The minimum atomic E-state index is -3.39. The van der Waals surface area contributed by atoms with Crippen LogP contribution in [0.3, 0.4) is 0 Å². The fourth-order valence-electron chi connectivity index (χ4n) is 2.59. The molecule has 0 saturated heterocycles. The molecule has 7 heteroatoms. The number of rotatable bonds is 5. The van der Waals surface area contributed by atoms with Crippen LogP contribution in [-0.2, 0) is 21.2 Å². The summed E-state index contributed by atoms with van der Waals surface area (Å²) in [5.41, 5.74) is 1.84. The Morgan fingerprint density at radius 3 is 2.82 bits per heavy atom. The molecule has 0 fully saturated rings. The molecule has 2 rings (SSSR count). The Morgan fingerprint density at radius 2 is 2.14 bits per heavy atom. The molecular formula is C15H21FN2O3S. The lowest BCUT2D eigenvalue weighted by Crippen LogP contribution is -2.34. The number of carbonyl (C=O) groups excluding carboxylic acids is 1. The molecule has 0 aromatic heterocycles. The summed E-state index contributed by atoms with van der Waals surface area (Å²) in [6.45, 7) is 0. The topological polar surface area (TPSA) is 66.5 Å². The van der Waals surface area contributed by atoms with Crippen LogP contribution in [0.1, 0.15) is 36.4 Å². The molecule has 1 amide bonds. The van der Waals surface area contributed by atoms with Crippen LogP contribution in [0, 0.1) is 5.82 Å². The van der Waals surface area contributed by atoms with E-state index in [0.29, 0.717) is 0 Å². The van der Waals surface area contributed by atoms with Crippen molar-refractivity contribution >= 4 is 15.9 Å². The fraction of sp³-hybridized carbons (Fsp3) is 0.533. The maximum Gasteiger partial charge on any atom is 0.221 e. The lowest BCUT2D eigenvalue weighted by atomic mass is 9.87. The van der Waals surface area contributed by atoms with Crippen molar-refractivity contribution in [3.63, 3.8) is 0 Å². The Balaban J connectivity index is 2.00. The quantitative estimate of drug-likeness (QED) is 0.893. The molecule has 5 nitrogen and oxygen atoms in total. The van der Waals surface area contributed by atoms with Crippen LogP contribution >= 0.6 is 0 Å². The van der Waals surface area contributed by atoms with Gasteiger partial charge in [0.1, 0.15) is 5.82 Å². The lowest BCUT2D eigenvalue weighted by Gasteiger charge is -2.26. The molecule has 22 heavy (non-hydrogen) atoms. The molecule has 0 unspecified atom stereocenters. The van der Waals surface area contributed by atoms with Crippen LogP contribution in [0.25, 0.3) is 0 Å². The molecule has 1 N–H and O–H groups in total. The molecule has 0 aliphatic heterocycles. The fourth-order valence-corrected chi connectivity index (χ4v) is 3.40. The number of hydrogen-bond acceptors (Lipinski definition) is 3. The van der Waals surface area contributed by atoms with Crippen LogP contribution in [0.2, 0.25) is 0 Å². The van der Waals surface area contributed by atoms with Gasteiger partial charge in [-0.2, -0.15) is 0 Å². The van der Waals surface area contributed by atoms with Gasteiger partial charge in [0, 0.05) is 20.5 Å². The van der Waals surface area contributed by atoms with Crippen LogP contribution in [0.4, 0.5) is 4.39 Å². The zero-order valence-corrected chi connectivity index (χ0v) is 13.6. The van der Waals surface area contributed by atoms with E-state index in [9.17, 15) is 17.6 Å². The van der Waals surface area contributed by atoms with E-state index in [0.717, 1.165) is 34.7 Å². The largest absolute Gasteiger partial charge is 0.349 e. The first-order chi connectivity index (χ1) is 10.3. The summed E-state index contributed by atoms with van der Waals surface area (Å²) in [5, 5.41) is 2.83. The molecule has 1 aromatic carbocycles. The maximum atomic E-state index is 13.4. The van der Waals surface area contributed by atoms with E-state index in [2.05, 4.69) is 5.32 Å². The Morgan fingerprint density at radius 1 is 1.41 bits per heavy atom. The summed E-state index contributed by atoms with van der Waals surface area (Å²) in [6.07, 6.45) is 2.43. The molecule has 1 atom stereocenters. The number of fused-ring (bicyclic) bond motifs is 1. The first-order valence-electron chi connectivity index (χ1n) is 7.27. The van der Waals surface area contributed by atoms with Crippen LogP contribution in [0.5, 0.6) is 0 Å². The number of benzene rings is 1. The highest BCUT2D eigenvalue weighted by molar-refractivity contribution is 7.89. The summed E-state index contributed by atoms with van der Waals surface area (Å²) >= 11 is 0. The van der Waals surface area contributed by atoms with Gasteiger partial charge >= 0.3 is 0 Å². The summed E-state index contributed by atoms with van der Waals surface area (Å²) in [4.78, 5) is 12.0. The first-order valence-corrected chi connectivity index (χ1v) is 8.88. The van der Waals surface area contributed by atoms with E-state index >= 15 is 0 Å². The molecule has 122 valence electrons. The molecule has 1 aliphatic carbocycles. The first kappa shape index (κ1) is 16.9. The second kappa shape index (κ2) is 6.75. The standard InChI is InChI=1S/C15H21FN2O3S/c1-18(2)22(20,21)9-8-15(19)17-14-5-3-4-11-6-7-12(16)10-13(11)14/h6-7,10,14H,3-5,8-9H2,1-2H3,(H,17,19)/t14-/m1/s1. The summed E-state index contributed by atoms with van der Waals surface area (Å²) in [6, 6.07) is 4.39. The molecule has 1 aromatic rings. The number of sulfonamides is 1. The second-order valence-electron chi connectivity index (χ2n) is 5.70. The van der Waals surface area contributed by atoms with Gasteiger partial charge in [0.15, 0.2) is 0 Å². The van der Waals surface area contributed by atoms with Gasteiger partial charge < -0.3 is 5.32 Å². The van der Waals surface area contributed by atoms with Crippen molar-refractivity contribution < 1.29 is 17.6 Å². The van der Waals surface area contributed by atoms with Gasteiger partial charge in [-0.05, 0) is 42.5 Å². The van der Waals surface area contributed by atoms with Crippen LogP contribution in [-0.4, -0.2) is 38.5 Å². The van der Waals surface area contributed by atoms with E-state index in [-0.39, 0.29) is 29.9 Å². The van der Waals surface area contributed by atoms with Crippen molar-refractivity contribution in [3.8, 4) is 0 Å². The monoisotopic (exact) mass is 328 g/mol.